The van der Waals surface area contributed by atoms with Crippen LogP contribution in [0.2, 0.25) is 5.02 Å². The number of hydrogen-bond donors (Lipinski definition) is 2. The predicted molar refractivity (Wildman–Crippen MR) is 155 cm³/mol. The minimum Gasteiger partial charge on any atom is -0.383 e. The minimum absolute atomic E-state index is 0.0897. The van der Waals surface area contributed by atoms with Gasteiger partial charge in [0.1, 0.15) is 0 Å². The van der Waals surface area contributed by atoms with E-state index in [1.165, 1.54) is 31.9 Å². The third kappa shape index (κ3) is 6.80. The highest BCUT2D eigenvalue weighted by Gasteiger charge is 2.43. The third-order valence-electron chi connectivity index (χ3n) is 8.48. The molecule has 1 saturated carbocycles. The van der Waals surface area contributed by atoms with Gasteiger partial charge in [0.05, 0.1) is 17.5 Å². The van der Waals surface area contributed by atoms with Gasteiger partial charge in [-0.2, -0.15) is 13.2 Å². The number of rotatable bonds is 6. The number of carbonyl (C=O) groups excluding carboxylic acids is 2. The fraction of sp³-hybridized carbons (Fsp3) is 0.438. The molecule has 2 N–H and O–H groups in total. The van der Waals surface area contributed by atoms with E-state index in [2.05, 4.69) is 22.8 Å². The second kappa shape index (κ2) is 12.3. The molecule has 0 bridgehead atoms. The van der Waals surface area contributed by atoms with E-state index in [-0.39, 0.29) is 29.0 Å². The van der Waals surface area contributed by atoms with Gasteiger partial charge in [-0.25, -0.2) is 0 Å². The Hall–Kier alpha value is -3.26. The van der Waals surface area contributed by atoms with Crippen LogP contribution in [-0.4, -0.2) is 35.3 Å². The van der Waals surface area contributed by atoms with Crippen LogP contribution < -0.4 is 10.6 Å². The molecule has 2 aromatic rings. The lowest BCUT2D eigenvalue weighted by Gasteiger charge is -2.44. The molecular weight excluding hydrogens is 551 g/mol. The van der Waals surface area contributed by atoms with Gasteiger partial charge >= 0.3 is 6.18 Å². The number of nitrogens with zero attached hydrogens (tertiary/aromatic N) is 1. The van der Waals surface area contributed by atoms with Crippen molar-refractivity contribution in [2.75, 3.05) is 11.9 Å². The van der Waals surface area contributed by atoms with E-state index in [1.807, 2.05) is 6.08 Å². The molecule has 0 spiro atoms. The van der Waals surface area contributed by atoms with Crippen LogP contribution in [0, 0.1) is 18.8 Å². The molecule has 5 rings (SSSR count). The van der Waals surface area contributed by atoms with Crippen molar-refractivity contribution in [3.8, 4) is 0 Å². The van der Waals surface area contributed by atoms with E-state index in [0.29, 0.717) is 42.4 Å². The highest BCUT2D eigenvalue weighted by molar-refractivity contribution is 6.30. The van der Waals surface area contributed by atoms with Gasteiger partial charge in [-0.05, 0) is 87.1 Å². The number of amides is 2. The topological polar surface area (TPSA) is 61.4 Å². The van der Waals surface area contributed by atoms with Crippen LogP contribution in [0.1, 0.15) is 66.4 Å². The average molecular weight is 586 g/mol. The molecule has 1 unspecified atom stereocenters. The van der Waals surface area contributed by atoms with Gasteiger partial charge in [-0.3, -0.25) is 9.59 Å². The maximum Gasteiger partial charge on any atom is 0.416 e. The molecule has 2 aliphatic carbocycles. The summed E-state index contributed by atoms with van der Waals surface area (Å²) in [5.74, 6) is -1.29. The fourth-order valence-corrected chi connectivity index (χ4v) is 6.50. The third-order valence-corrected chi connectivity index (χ3v) is 8.74. The lowest BCUT2D eigenvalue weighted by atomic mass is 9.77. The zero-order chi connectivity index (χ0) is 29.1. The van der Waals surface area contributed by atoms with E-state index in [0.717, 1.165) is 24.6 Å². The van der Waals surface area contributed by atoms with Crippen LogP contribution in [0.25, 0.3) is 0 Å². The number of aryl methyl sites for hydroxylation is 1. The van der Waals surface area contributed by atoms with Gasteiger partial charge in [0, 0.05) is 40.5 Å². The Labute approximate surface area is 243 Å². The Balaban J connectivity index is 1.40. The largest absolute Gasteiger partial charge is 0.416 e. The molecular formula is C32H35ClF3N3O2. The fourth-order valence-electron chi connectivity index (χ4n) is 6.37. The second-order valence-corrected chi connectivity index (χ2v) is 11.7. The van der Waals surface area contributed by atoms with E-state index in [9.17, 15) is 22.8 Å². The normalized spacial score (nSPS) is 23.3. The number of carbonyl (C=O) groups is 2. The molecule has 9 heteroatoms. The van der Waals surface area contributed by atoms with E-state index < -0.39 is 23.7 Å². The van der Waals surface area contributed by atoms with E-state index >= 15 is 0 Å². The van der Waals surface area contributed by atoms with E-state index in [4.69, 9.17) is 11.6 Å². The van der Waals surface area contributed by atoms with Crippen LogP contribution in [0.5, 0.6) is 0 Å². The van der Waals surface area contributed by atoms with Crippen molar-refractivity contribution in [2.24, 2.45) is 11.8 Å². The summed E-state index contributed by atoms with van der Waals surface area (Å²) in [5, 5.41) is 6.86. The van der Waals surface area contributed by atoms with Crippen LogP contribution in [0.15, 0.2) is 66.4 Å². The standard InChI is InChI=1S/C32H35ClF3N3O2/c1-20-8-15-26(19-28(20)32(34,35)36)38-30(40)27-7-4-18-39(31(41)22-9-13-23(33)14-10-22)29(27)21-11-16-25(17-12-21)37-24-5-2-3-6-24/h8-11,13-17,19,21,24,27,29,37H,2-7,12,18H2,1H3,(H,38,40)/t21?,27-,29-/m0/s1. The van der Waals surface area contributed by atoms with Gasteiger partial charge < -0.3 is 15.5 Å². The number of hydrogen-bond acceptors (Lipinski definition) is 3. The molecule has 3 aliphatic rings. The summed E-state index contributed by atoms with van der Waals surface area (Å²) >= 11 is 6.05. The molecule has 0 aromatic heterocycles. The number of benzene rings is 2. The molecule has 2 fully saturated rings. The quantitative estimate of drug-likeness (QED) is 0.369. The van der Waals surface area contributed by atoms with E-state index in [1.54, 1.807) is 29.2 Å². The first-order chi connectivity index (χ1) is 19.6. The Bertz CT molecular complexity index is 1330. The number of anilines is 1. The van der Waals surface area contributed by atoms with Crippen LogP contribution in [-0.2, 0) is 11.0 Å². The van der Waals surface area contributed by atoms with Crippen LogP contribution >= 0.6 is 11.6 Å². The molecule has 1 aliphatic heterocycles. The Morgan fingerprint density at radius 2 is 1.73 bits per heavy atom. The van der Waals surface area contributed by atoms with Crippen molar-refractivity contribution in [1.29, 1.82) is 0 Å². The first-order valence-electron chi connectivity index (χ1n) is 14.3. The lowest BCUT2D eigenvalue weighted by molar-refractivity contribution is -0.138. The number of halogens is 4. The minimum atomic E-state index is -4.52. The van der Waals surface area contributed by atoms with Crippen molar-refractivity contribution >= 4 is 29.1 Å². The molecule has 5 nitrogen and oxygen atoms in total. The number of alkyl halides is 3. The highest BCUT2D eigenvalue weighted by Crippen LogP contribution is 2.37. The molecule has 218 valence electrons. The summed E-state index contributed by atoms with van der Waals surface area (Å²) in [4.78, 5) is 29.2. The Morgan fingerprint density at radius 3 is 2.39 bits per heavy atom. The Kier molecular flexibility index (Phi) is 8.78. The SMILES string of the molecule is Cc1ccc(NC(=O)[C@H]2CCCN(C(=O)c3ccc(Cl)cc3)[C@H]2C2C=CC(NC3CCCC3)=CC2)cc1C(F)(F)F. The Morgan fingerprint density at radius 1 is 1.00 bits per heavy atom. The monoisotopic (exact) mass is 585 g/mol. The summed E-state index contributed by atoms with van der Waals surface area (Å²) in [5.41, 5.74) is 0.937. The maximum atomic E-state index is 13.8. The number of nitrogens with one attached hydrogen (secondary N) is 2. The number of allylic oxidation sites excluding steroid dienone is 2. The number of likely N-dealkylation sites (tertiary alicyclic amines) is 1. The summed E-state index contributed by atoms with van der Waals surface area (Å²) in [7, 11) is 0. The molecule has 0 radical (unpaired) electrons. The van der Waals surface area contributed by atoms with Crippen LogP contribution in [0.3, 0.4) is 0 Å². The maximum absolute atomic E-state index is 13.8. The molecule has 3 atom stereocenters. The molecule has 1 saturated heterocycles. The first-order valence-corrected chi connectivity index (χ1v) is 14.7. The zero-order valence-corrected chi connectivity index (χ0v) is 23.8. The lowest BCUT2D eigenvalue weighted by Crippen LogP contribution is -2.55. The average Bonchev–Trinajstić information content (AvgIpc) is 3.46. The second-order valence-electron chi connectivity index (χ2n) is 11.3. The first kappa shape index (κ1) is 29.2. The number of piperidine rings is 1. The predicted octanol–water partition coefficient (Wildman–Crippen LogP) is 7.52. The van der Waals surface area contributed by atoms with Gasteiger partial charge in [-0.15, -0.1) is 0 Å². The van der Waals surface area contributed by atoms with Crippen molar-refractivity contribution in [2.45, 2.75) is 70.1 Å². The summed E-state index contributed by atoms with van der Waals surface area (Å²) in [6.07, 6.45) is 8.25. The van der Waals surface area contributed by atoms with Crippen molar-refractivity contribution in [3.05, 3.63) is 88.1 Å². The van der Waals surface area contributed by atoms with Crippen LogP contribution in [0.4, 0.5) is 18.9 Å². The van der Waals surface area contributed by atoms with Gasteiger partial charge in [0.15, 0.2) is 0 Å². The zero-order valence-electron chi connectivity index (χ0n) is 23.0. The van der Waals surface area contributed by atoms with Crippen molar-refractivity contribution < 1.29 is 22.8 Å². The smallest absolute Gasteiger partial charge is 0.383 e. The highest BCUT2D eigenvalue weighted by atomic mass is 35.5. The summed E-state index contributed by atoms with van der Waals surface area (Å²) < 4.78 is 40.6. The van der Waals surface area contributed by atoms with Gasteiger partial charge in [0.2, 0.25) is 5.91 Å². The summed E-state index contributed by atoms with van der Waals surface area (Å²) in [6, 6.07) is 10.5. The van der Waals surface area contributed by atoms with Crippen molar-refractivity contribution in [3.63, 3.8) is 0 Å². The molecule has 1 heterocycles. The summed E-state index contributed by atoms with van der Waals surface area (Å²) in [6.45, 7) is 1.88. The van der Waals surface area contributed by atoms with Crippen molar-refractivity contribution in [1.82, 2.24) is 10.2 Å². The molecule has 2 amide bonds. The molecule has 2 aromatic carbocycles. The van der Waals surface area contributed by atoms with Gasteiger partial charge in [-0.1, -0.05) is 42.7 Å². The van der Waals surface area contributed by atoms with Gasteiger partial charge in [0.25, 0.3) is 5.91 Å². The molecule has 41 heavy (non-hydrogen) atoms.